The van der Waals surface area contributed by atoms with Gasteiger partial charge in [0, 0.05) is 11.4 Å². The van der Waals surface area contributed by atoms with Crippen LogP contribution in [0, 0.1) is 5.92 Å². The highest BCUT2D eigenvalue weighted by atomic mass is 32.2. The number of rotatable bonds is 5. The summed E-state index contributed by atoms with van der Waals surface area (Å²) in [6.45, 7) is 8.91. The molecular formula is C15H26N2O2S2. The van der Waals surface area contributed by atoms with Crippen LogP contribution in [-0.2, 0) is 15.4 Å². The van der Waals surface area contributed by atoms with Gasteiger partial charge >= 0.3 is 0 Å². The van der Waals surface area contributed by atoms with Crippen LogP contribution in [0.2, 0.25) is 0 Å². The van der Waals surface area contributed by atoms with Gasteiger partial charge < -0.3 is 5.32 Å². The van der Waals surface area contributed by atoms with Crippen molar-refractivity contribution in [3.05, 3.63) is 17.0 Å². The second kappa shape index (κ2) is 6.77. The molecule has 2 rings (SSSR count). The number of sulfonamides is 1. The summed E-state index contributed by atoms with van der Waals surface area (Å²) in [6.07, 6.45) is 3.29. The van der Waals surface area contributed by atoms with Crippen LogP contribution in [0.15, 0.2) is 16.3 Å². The van der Waals surface area contributed by atoms with Crippen LogP contribution in [0.5, 0.6) is 0 Å². The molecule has 0 aromatic carbocycles. The topological polar surface area (TPSA) is 58.2 Å². The maximum Gasteiger partial charge on any atom is 0.250 e. The summed E-state index contributed by atoms with van der Waals surface area (Å²) in [5.74, 6) is 0.593. The molecule has 1 aromatic rings. The van der Waals surface area contributed by atoms with E-state index in [-0.39, 0.29) is 5.41 Å². The third kappa shape index (κ3) is 4.77. The fourth-order valence-electron chi connectivity index (χ4n) is 2.51. The van der Waals surface area contributed by atoms with Crippen LogP contribution in [0.1, 0.15) is 44.9 Å². The van der Waals surface area contributed by atoms with Crippen molar-refractivity contribution >= 4 is 21.4 Å². The van der Waals surface area contributed by atoms with E-state index in [0.29, 0.717) is 16.7 Å². The molecule has 0 bridgehead atoms. The Morgan fingerprint density at radius 1 is 1.38 bits per heavy atom. The Labute approximate surface area is 132 Å². The third-order valence-corrected chi connectivity index (χ3v) is 7.29. The maximum atomic E-state index is 12.3. The standard InChI is InChI=1S/C15H26N2O2S2/c1-15(2,3)13-6-7-14(20-13)21(18,19)17-10-8-12-5-4-9-16-11-12/h6-7,12,16-17H,4-5,8-11H2,1-3H3. The molecule has 4 nitrogen and oxygen atoms in total. The predicted octanol–water partition coefficient (Wildman–Crippen LogP) is 2.71. The lowest BCUT2D eigenvalue weighted by Gasteiger charge is -2.22. The minimum atomic E-state index is -3.35. The van der Waals surface area contributed by atoms with Gasteiger partial charge in [0.1, 0.15) is 4.21 Å². The smallest absolute Gasteiger partial charge is 0.250 e. The van der Waals surface area contributed by atoms with Gasteiger partial charge in [-0.15, -0.1) is 11.3 Å². The molecule has 1 aromatic heterocycles. The molecule has 6 heteroatoms. The predicted molar refractivity (Wildman–Crippen MR) is 88.4 cm³/mol. The molecule has 1 atom stereocenters. The zero-order valence-electron chi connectivity index (χ0n) is 13.1. The Morgan fingerprint density at radius 3 is 2.71 bits per heavy atom. The molecule has 0 radical (unpaired) electrons. The average Bonchev–Trinajstić information content (AvgIpc) is 2.90. The molecule has 1 fully saturated rings. The van der Waals surface area contributed by atoms with Gasteiger partial charge in [0.05, 0.1) is 0 Å². The molecule has 0 spiro atoms. The molecule has 1 aliphatic heterocycles. The number of hydrogen-bond acceptors (Lipinski definition) is 4. The molecular weight excluding hydrogens is 304 g/mol. The van der Waals surface area contributed by atoms with Crippen LogP contribution in [0.3, 0.4) is 0 Å². The summed E-state index contributed by atoms with van der Waals surface area (Å²) >= 11 is 1.37. The largest absolute Gasteiger partial charge is 0.316 e. The van der Waals surface area contributed by atoms with Crippen molar-refractivity contribution in [2.75, 3.05) is 19.6 Å². The fourth-order valence-corrected chi connectivity index (χ4v) is 4.96. The fraction of sp³-hybridized carbons (Fsp3) is 0.733. The van der Waals surface area contributed by atoms with Crippen LogP contribution in [0.25, 0.3) is 0 Å². The Hall–Kier alpha value is -0.430. The number of thiophene rings is 1. The SMILES string of the molecule is CC(C)(C)c1ccc(S(=O)(=O)NCCC2CCCNC2)s1. The first-order chi connectivity index (χ1) is 9.79. The minimum absolute atomic E-state index is 0.00773. The van der Waals surface area contributed by atoms with Gasteiger partial charge in [-0.1, -0.05) is 20.8 Å². The van der Waals surface area contributed by atoms with Gasteiger partial charge in [-0.2, -0.15) is 0 Å². The first-order valence-electron chi connectivity index (χ1n) is 7.60. The lowest BCUT2D eigenvalue weighted by atomic mass is 9.95. The maximum absolute atomic E-state index is 12.3. The van der Waals surface area contributed by atoms with Crippen LogP contribution < -0.4 is 10.0 Å². The lowest BCUT2D eigenvalue weighted by Crippen LogP contribution is -2.33. The summed E-state index contributed by atoms with van der Waals surface area (Å²) in [6, 6.07) is 3.64. The van der Waals surface area contributed by atoms with E-state index in [4.69, 9.17) is 0 Å². The van der Waals surface area contributed by atoms with Crippen molar-refractivity contribution in [3.63, 3.8) is 0 Å². The van der Waals surface area contributed by atoms with Crippen molar-refractivity contribution in [1.29, 1.82) is 0 Å². The van der Waals surface area contributed by atoms with E-state index in [0.717, 1.165) is 24.4 Å². The van der Waals surface area contributed by atoms with Crippen LogP contribution in [0.4, 0.5) is 0 Å². The summed E-state index contributed by atoms with van der Waals surface area (Å²) in [7, 11) is -3.35. The van der Waals surface area contributed by atoms with Gasteiger partial charge in [0.2, 0.25) is 10.0 Å². The minimum Gasteiger partial charge on any atom is -0.316 e. The molecule has 0 amide bonds. The van der Waals surface area contributed by atoms with Crippen LogP contribution >= 0.6 is 11.3 Å². The number of piperidine rings is 1. The normalized spacial score (nSPS) is 20.6. The first-order valence-corrected chi connectivity index (χ1v) is 9.90. The molecule has 120 valence electrons. The van der Waals surface area contributed by atoms with Crippen molar-refractivity contribution in [1.82, 2.24) is 10.0 Å². The Balaban J connectivity index is 1.90. The van der Waals surface area contributed by atoms with Gasteiger partial charge in [-0.25, -0.2) is 13.1 Å². The Kier molecular flexibility index (Phi) is 5.46. The van der Waals surface area contributed by atoms with E-state index >= 15 is 0 Å². The molecule has 0 aliphatic carbocycles. The molecule has 2 heterocycles. The van der Waals surface area contributed by atoms with Gasteiger partial charge in [-0.05, 0) is 55.8 Å². The highest BCUT2D eigenvalue weighted by Crippen LogP contribution is 2.31. The zero-order chi connectivity index (χ0) is 15.5. The van der Waals surface area contributed by atoms with E-state index in [1.165, 1.54) is 24.2 Å². The van der Waals surface area contributed by atoms with Gasteiger partial charge in [0.15, 0.2) is 0 Å². The number of nitrogens with one attached hydrogen (secondary N) is 2. The van der Waals surface area contributed by atoms with Gasteiger partial charge in [-0.3, -0.25) is 0 Å². The monoisotopic (exact) mass is 330 g/mol. The van der Waals surface area contributed by atoms with Gasteiger partial charge in [0.25, 0.3) is 0 Å². The molecule has 2 N–H and O–H groups in total. The van der Waals surface area contributed by atoms with E-state index in [9.17, 15) is 8.42 Å². The Morgan fingerprint density at radius 2 is 2.14 bits per heavy atom. The van der Waals surface area contributed by atoms with Crippen molar-refractivity contribution in [2.45, 2.75) is 49.7 Å². The Bertz CT molecular complexity index is 552. The summed E-state index contributed by atoms with van der Waals surface area (Å²) in [4.78, 5) is 1.10. The molecule has 1 aliphatic rings. The second-order valence-corrected chi connectivity index (χ2v) is 9.85. The summed E-state index contributed by atoms with van der Waals surface area (Å²) in [5, 5.41) is 3.36. The van der Waals surface area contributed by atoms with Crippen molar-refractivity contribution in [3.8, 4) is 0 Å². The van der Waals surface area contributed by atoms with Crippen molar-refractivity contribution in [2.24, 2.45) is 5.92 Å². The lowest BCUT2D eigenvalue weighted by molar-refractivity contribution is 0.358. The molecule has 1 unspecified atom stereocenters. The highest BCUT2D eigenvalue weighted by Gasteiger charge is 2.22. The van der Waals surface area contributed by atoms with E-state index in [1.54, 1.807) is 6.07 Å². The second-order valence-electron chi connectivity index (χ2n) is 6.77. The van der Waals surface area contributed by atoms with Crippen molar-refractivity contribution < 1.29 is 8.42 Å². The summed E-state index contributed by atoms with van der Waals surface area (Å²) in [5.41, 5.74) is -0.00773. The van der Waals surface area contributed by atoms with E-state index in [1.807, 2.05) is 6.07 Å². The van der Waals surface area contributed by atoms with E-state index < -0.39 is 10.0 Å². The third-order valence-electron chi connectivity index (χ3n) is 3.83. The quantitative estimate of drug-likeness (QED) is 0.873. The molecule has 21 heavy (non-hydrogen) atoms. The first kappa shape index (κ1) is 16.9. The van der Waals surface area contributed by atoms with Crippen LogP contribution in [-0.4, -0.2) is 28.1 Å². The molecule has 0 saturated carbocycles. The average molecular weight is 331 g/mol. The zero-order valence-corrected chi connectivity index (χ0v) is 14.7. The summed E-state index contributed by atoms with van der Waals surface area (Å²) < 4.78 is 27.8. The molecule has 1 saturated heterocycles. The van der Waals surface area contributed by atoms with E-state index in [2.05, 4.69) is 30.8 Å². The highest BCUT2D eigenvalue weighted by molar-refractivity contribution is 7.91. The number of hydrogen-bond donors (Lipinski definition) is 2.